The average Bonchev–Trinajstić information content (AvgIpc) is 2.62. The highest BCUT2D eigenvalue weighted by molar-refractivity contribution is 5.61. The second-order valence-electron chi connectivity index (χ2n) is 5.29. The van der Waals surface area contributed by atoms with E-state index in [1.165, 1.54) is 24.4 Å². The molecule has 0 aliphatic carbocycles. The van der Waals surface area contributed by atoms with Crippen LogP contribution >= 0.6 is 0 Å². The molecule has 3 aromatic rings. The van der Waals surface area contributed by atoms with Crippen LogP contribution < -0.4 is 10.6 Å². The molecule has 26 heavy (non-hydrogen) atoms. The Hall–Kier alpha value is -3.60. The number of nitrogens with one attached hydrogen (secondary N) is 2. The van der Waals surface area contributed by atoms with Crippen molar-refractivity contribution in [1.82, 2.24) is 9.97 Å². The normalized spacial score (nSPS) is 10.8. The van der Waals surface area contributed by atoms with Crippen LogP contribution in [0.2, 0.25) is 0 Å². The van der Waals surface area contributed by atoms with Gasteiger partial charge in [0.2, 0.25) is 5.95 Å². The second kappa shape index (κ2) is 7.11. The van der Waals surface area contributed by atoms with Gasteiger partial charge in [0.15, 0.2) is 0 Å². The van der Waals surface area contributed by atoms with Crippen LogP contribution in [0.3, 0.4) is 0 Å². The first-order valence-electron chi connectivity index (χ1n) is 7.48. The summed E-state index contributed by atoms with van der Waals surface area (Å²) in [5, 5.41) is 14.7. The van der Waals surface area contributed by atoms with E-state index in [0.29, 0.717) is 17.1 Å². The minimum atomic E-state index is -4.41. The number of nitrogens with zero attached hydrogens (tertiary/aromatic N) is 3. The summed E-state index contributed by atoms with van der Waals surface area (Å²) in [6.45, 7) is 0. The highest BCUT2D eigenvalue weighted by Gasteiger charge is 2.30. The average molecular weight is 355 g/mol. The van der Waals surface area contributed by atoms with Crippen LogP contribution in [0.4, 0.5) is 36.3 Å². The van der Waals surface area contributed by atoms with E-state index in [9.17, 15) is 13.2 Å². The van der Waals surface area contributed by atoms with E-state index in [-0.39, 0.29) is 11.6 Å². The number of hydrogen-bond acceptors (Lipinski definition) is 5. The monoisotopic (exact) mass is 355 g/mol. The molecule has 0 spiro atoms. The maximum absolute atomic E-state index is 12.8. The van der Waals surface area contributed by atoms with Crippen molar-refractivity contribution in [1.29, 1.82) is 5.26 Å². The van der Waals surface area contributed by atoms with Crippen molar-refractivity contribution < 1.29 is 13.2 Å². The third-order valence-corrected chi connectivity index (χ3v) is 3.37. The minimum absolute atomic E-state index is 0.247. The Labute approximate surface area is 147 Å². The summed E-state index contributed by atoms with van der Waals surface area (Å²) in [5.74, 6) is 0.579. The summed E-state index contributed by atoms with van der Waals surface area (Å²) in [7, 11) is 0. The van der Waals surface area contributed by atoms with E-state index in [4.69, 9.17) is 5.26 Å². The van der Waals surface area contributed by atoms with Crippen LogP contribution in [0.1, 0.15) is 11.1 Å². The predicted octanol–water partition coefficient (Wildman–Crippen LogP) is 4.85. The van der Waals surface area contributed by atoms with Crippen LogP contribution in [0, 0.1) is 11.3 Å². The highest BCUT2D eigenvalue weighted by atomic mass is 19.4. The third kappa shape index (κ3) is 4.27. The number of anilines is 4. The fraction of sp³-hybridized carbons (Fsp3) is 0.0556. The standard InChI is InChI=1S/C18H12F3N5/c19-18(20,21)13-4-2-6-15(10-13)24-16-7-8-23-17(26-16)25-14-5-1-3-12(9-14)11-22/h1-10H,(H2,23,24,25,26). The molecular formula is C18H12F3N5. The first kappa shape index (κ1) is 17.2. The van der Waals surface area contributed by atoms with E-state index < -0.39 is 11.7 Å². The number of nitriles is 1. The molecule has 3 rings (SSSR count). The zero-order chi connectivity index (χ0) is 18.6. The van der Waals surface area contributed by atoms with Gasteiger partial charge >= 0.3 is 6.18 Å². The van der Waals surface area contributed by atoms with Gasteiger partial charge in [-0.1, -0.05) is 12.1 Å². The topological polar surface area (TPSA) is 73.6 Å². The molecule has 0 aliphatic heterocycles. The molecule has 5 nitrogen and oxygen atoms in total. The Kier molecular flexibility index (Phi) is 4.71. The van der Waals surface area contributed by atoms with Gasteiger partial charge in [-0.05, 0) is 42.5 Å². The van der Waals surface area contributed by atoms with E-state index in [2.05, 4.69) is 20.6 Å². The van der Waals surface area contributed by atoms with E-state index >= 15 is 0 Å². The molecule has 0 saturated heterocycles. The van der Waals surface area contributed by atoms with Crippen molar-refractivity contribution in [2.45, 2.75) is 6.18 Å². The van der Waals surface area contributed by atoms with Crippen LogP contribution in [-0.2, 0) is 6.18 Å². The van der Waals surface area contributed by atoms with Crippen molar-refractivity contribution in [2.24, 2.45) is 0 Å². The number of hydrogen-bond donors (Lipinski definition) is 2. The third-order valence-electron chi connectivity index (χ3n) is 3.37. The molecule has 0 aliphatic rings. The SMILES string of the molecule is N#Cc1cccc(Nc2nccc(Nc3cccc(C(F)(F)F)c3)n2)c1. The maximum Gasteiger partial charge on any atom is 0.416 e. The van der Waals surface area contributed by atoms with Crippen molar-refractivity contribution in [3.8, 4) is 6.07 Å². The molecule has 2 N–H and O–H groups in total. The number of aromatic nitrogens is 2. The van der Waals surface area contributed by atoms with Gasteiger partial charge in [-0.25, -0.2) is 4.98 Å². The quantitative estimate of drug-likeness (QED) is 0.699. The van der Waals surface area contributed by atoms with Gasteiger partial charge in [-0.2, -0.15) is 23.4 Å². The summed E-state index contributed by atoms with van der Waals surface area (Å²) in [4.78, 5) is 8.28. The first-order valence-corrected chi connectivity index (χ1v) is 7.48. The summed E-state index contributed by atoms with van der Waals surface area (Å²) in [6.07, 6.45) is -2.94. The van der Waals surface area contributed by atoms with E-state index in [0.717, 1.165) is 12.1 Å². The maximum atomic E-state index is 12.8. The lowest BCUT2D eigenvalue weighted by atomic mass is 10.2. The molecular weight excluding hydrogens is 343 g/mol. The Balaban J connectivity index is 1.78. The van der Waals surface area contributed by atoms with Crippen LogP contribution in [-0.4, -0.2) is 9.97 Å². The summed E-state index contributed by atoms with van der Waals surface area (Å²) in [5.41, 5.74) is 0.618. The van der Waals surface area contributed by atoms with Gasteiger partial charge < -0.3 is 10.6 Å². The number of benzene rings is 2. The smallest absolute Gasteiger partial charge is 0.340 e. The van der Waals surface area contributed by atoms with Crippen molar-refractivity contribution in [2.75, 3.05) is 10.6 Å². The zero-order valence-electron chi connectivity index (χ0n) is 13.2. The van der Waals surface area contributed by atoms with Gasteiger partial charge in [-0.3, -0.25) is 0 Å². The Bertz CT molecular complexity index is 963. The van der Waals surface area contributed by atoms with E-state index in [1.54, 1.807) is 24.3 Å². The molecule has 0 atom stereocenters. The summed E-state index contributed by atoms with van der Waals surface area (Å²) >= 11 is 0. The minimum Gasteiger partial charge on any atom is -0.340 e. The number of rotatable bonds is 4. The Morgan fingerprint density at radius 2 is 1.65 bits per heavy atom. The molecule has 1 heterocycles. The van der Waals surface area contributed by atoms with Gasteiger partial charge in [0.25, 0.3) is 0 Å². The lowest BCUT2D eigenvalue weighted by Gasteiger charge is -2.11. The number of halogens is 3. The fourth-order valence-corrected chi connectivity index (χ4v) is 2.21. The first-order chi connectivity index (χ1) is 12.4. The largest absolute Gasteiger partial charge is 0.416 e. The van der Waals surface area contributed by atoms with Crippen molar-refractivity contribution in [3.63, 3.8) is 0 Å². The van der Waals surface area contributed by atoms with Crippen LogP contribution in [0.15, 0.2) is 60.8 Å². The lowest BCUT2D eigenvalue weighted by Crippen LogP contribution is -2.05. The molecule has 0 amide bonds. The number of alkyl halides is 3. The molecule has 0 bridgehead atoms. The predicted molar refractivity (Wildman–Crippen MR) is 91.2 cm³/mol. The van der Waals surface area contributed by atoms with Crippen molar-refractivity contribution in [3.05, 3.63) is 71.9 Å². The molecule has 0 radical (unpaired) electrons. The Morgan fingerprint density at radius 3 is 2.38 bits per heavy atom. The summed E-state index contributed by atoms with van der Waals surface area (Å²) < 4.78 is 38.4. The molecule has 1 aromatic heterocycles. The molecule has 0 saturated carbocycles. The Morgan fingerprint density at radius 1 is 0.923 bits per heavy atom. The lowest BCUT2D eigenvalue weighted by molar-refractivity contribution is -0.137. The fourth-order valence-electron chi connectivity index (χ4n) is 2.21. The van der Waals surface area contributed by atoms with Gasteiger partial charge in [0.05, 0.1) is 17.2 Å². The molecule has 130 valence electrons. The molecule has 0 unspecified atom stereocenters. The van der Waals surface area contributed by atoms with Gasteiger partial charge in [0, 0.05) is 17.6 Å². The van der Waals surface area contributed by atoms with Crippen LogP contribution in [0.25, 0.3) is 0 Å². The highest BCUT2D eigenvalue weighted by Crippen LogP contribution is 2.31. The van der Waals surface area contributed by atoms with Crippen LogP contribution in [0.5, 0.6) is 0 Å². The zero-order valence-corrected chi connectivity index (χ0v) is 13.2. The summed E-state index contributed by atoms with van der Waals surface area (Å²) in [6, 6.07) is 15.2. The van der Waals surface area contributed by atoms with Gasteiger partial charge in [0.1, 0.15) is 5.82 Å². The molecule has 0 fully saturated rings. The molecule has 2 aromatic carbocycles. The molecule has 8 heteroatoms. The van der Waals surface area contributed by atoms with E-state index in [1.807, 2.05) is 6.07 Å². The van der Waals surface area contributed by atoms with Gasteiger partial charge in [-0.15, -0.1) is 0 Å². The van der Waals surface area contributed by atoms with Crippen molar-refractivity contribution >= 4 is 23.1 Å². The second-order valence-corrected chi connectivity index (χ2v) is 5.29.